The van der Waals surface area contributed by atoms with E-state index in [9.17, 15) is 0 Å². The molecule has 1 aliphatic heterocycles. The summed E-state index contributed by atoms with van der Waals surface area (Å²) < 4.78 is 0. The van der Waals surface area contributed by atoms with Crippen molar-refractivity contribution >= 4 is 44.7 Å². The Balaban J connectivity index is 2.63. The molecule has 1 aliphatic rings. The van der Waals surface area contributed by atoms with Gasteiger partial charge in [0.15, 0.2) is 0 Å². The normalized spacial score (nSPS) is 11.1. The molecule has 4 heteroatoms. The molecule has 0 nitrogen and oxygen atoms in total. The molecule has 0 saturated carbocycles. The first kappa shape index (κ1) is 5.40. The summed E-state index contributed by atoms with van der Waals surface area (Å²) in [6.45, 7) is 6.43. The van der Waals surface area contributed by atoms with Crippen LogP contribution in [-0.2, 0) is 0 Å². The van der Waals surface area contributed by atoms with Crippen LogP contribution in [0, 0.1) is 0 Å². The molecule has 0 bridgehead atoms. The van der Waals surface area contributed by atoms with Gasteiger partial charge in [0.25, 0.3) is 0 Å². The molecule has 1 aromatic heterocycles. The molecule has 1 aromatic rings. The fourth-order valence-electron chi connectivity index (χ4n) is 1.20. The summed E-state index contributed by atoms with van der Waals surface area (Å²) >= 11 is 0. The Morgan fingerprint density at radius 3 is 3.33 bits per heavy atom. The van der Waals surface area contributed by atoms with Gasteiger partial charge in [0.1, 0.15) is 0 Å². The van der Waals surface area contributed by atoms with Crippen molar-refractivity contribution in [2.75, 3.05) is 0 Å². The third-order valence-corrected chi connectivity index (χ3v) is 1.69. The van der Waals surface area contributed by atoms with Crippen molar-refractivity contribution in [3.63, 3.8) is 0 Å². The van der Waals surface area contributed by atoms with Crippen LogP contribution in [0.4, 0.5) is 0 Å². The van der Waals surface area contributed by atoms with Crippen LogP contribution in [0.15, 0.2) is 11.8 Å². The first-order chi connectivity index (χ1) is 4.47. The zero-order valence-corrected chi connectivity index (χ0v) is 5.17. The van der Waals surface area contributed by atoms with Crippen LogP contribution in [0.25, 0.3) is 0 Å². The van der Waals surface area contributed by atoms with Crippen LogP contribution in [-0.4, -0.2) is 33.9 Å². The van der Waals surface area contributed by atoms with Gasteiger partial charge in [-0.05, 0) is 0 Å². The van der Waals surface area contributed by atoms with E-state index in [-0.39, 0.29) is 0 Å². The van der Waals surface area contributed by atoms with Gasteiger partial charge in [0.2, 0.25) is 0 Å². The van der Waals surface area contributed by atoms with E-state index < -0.39 is 0 Å². The van der Waals surface area contributed by atoms with Gasteiger partial charge in [0.05, 0.1) is 0 Å². The van der Waals surface area contributed by atoms with Crippen LogP contribution in [0.5, 0.6) is 0 Å². The molecular formula is C5H4B4. The van der Waals surface area contributed by atoms with Crippen molar-refractivity contribution < 1.29 is 0 Å². The second-order valence-electron chi connectivity index (χ2n) is 2.31. The zero-order valence-electron chi connectivity index (χ0n) is 5.17. The Bertz CT molecular complexity index is 255. The Kier molecular flexibility index (Phi) is 1.25. The maximum absolute atomic E-state index is 2.20. The molecule has 0 aromatic carbocycles. The number of fused-ring (bicyclic) bond motifs is 1. The van der Waals surface area contributed by atoms with Gasteiger partial charge in [0, 0.05) is 0 Å². The van der Waals surface area contributed by atoms with E-state index in [1.807, 2.05) is 0 Å². The molecule has 0 atom stereocenters. The average Bonchev–Trinajstić information content (AvgIpc) is 2.33. The molecule has 0 N–H and O–H groups in total. The van der Waals surface area contributed by atoms with Crippen molar-refractivity contribution in [1.82, 2.24) is 0 Å². The second kappa shape index (κ2) is 2.09. The summed E-state index contributed by atoms with van der Waals surface area (Å²) in [6, 6.07) is 0. The fourth-order valence-corrected chi connectivity index (χ4v) is 1.20. The maximum atomic E-state index is 2.20. The van der Waals surface area contributed by atoms with E-state index in [0.717, 1.165) is 7.28 Å². The van der Waals surface area contributed by atoms with Crippen LogP contribution >= 0.6 is 0 Å². The van der Waals surface area contributed by atoms with Gasteiger partial charge < -0.3 is 0 Å². The van der Waals surface area contributed by atoms with Crippen LogP contribution in [0.3, 0.4) is 0 Å². The van der Waals surface area contributed by atoms with Crippen LogP contribution in [0.1, 0.15) is 0 Å². The van der Waals surface area contributed by atoms with E-state index >= 15 is 0 Å². The van der Waals surface area contributed by atoms with E-state index in [2.05, 4.69) is 38.4 Å². The summed E-state index contributed by atoms with van der Waals surface area (Å²) in [4.78, 5) is 0. The fraction of sp³-hybridized carbons (Fsp3) is 0. The minimum absolute atomic E-state index is 1.12. The molecule has 0 amide bonds. The molecule has 0 radical (unpaired) electrons. The molecule has 0 unspecified atom stereocenters. The minimum atomic E-state index is 1.12. The molecule has 0 fully saturated rings. The average molecular weight is 107 g/mol. The van der Waals surface area contributed by atoms with Gasteiger partial charge in [-0.3, -0.25) is 0 Å². The summed E-state index contributed by atoms with van der Waals surface area (Å²) in [5.41, 5.74) is 1.39. The topological polar surface area (TPSA) is 0 Å². The zero-order chi connectivity index (χ0) is 6.10. The predicted molar refractivity (Wildman–Crippen MR) is 47.4 cm³/mol. The summed E-state index contributed by atoms with van der Waals surface area (Å²) in [5, 5.41) is 1.46. The molecular weight excluding hydrogens is 103 g/mol. The molecule has 9 heavy (non-hydrogen) atoms. The van der Waals surface area contributed by atoms with Crippen molar-refractivity contribution in [3.8, 4) is 0 Å². The SMILES string of the molecule is B1=CBc2bcbcc21. The van der Waals surface area contributed by atoms with Gasteiger partial charge in [-0.2, -0.15) is 0 Å². The Hall–Kier alpha value is -0.390. The second-order valence-corrected chi connectivity index (χ2v) is 2.31. The molecule has 0 saturated heterocycles. The first-order valence-corrected chi connectivity index (χ1v) is 3.21. The summed E-state index contributed by atoms with van der Waals surface area (Å²) in [5.74, 6) is 6.44. The van der Waals surface area contributed by atoms with Gasteiger partial charge in [-0.15, -0.1) is 0 Å². The Labute approximate surface area is 57.3 Å². The third kappa shape index (κ3) is 0.868. The molecule has 0 spiro atoms. The predicted octanol–water partition coefficient (Wildman–Crippen LogP) is -2.47. The van der Waals surface area contributed by atoms with Crippen molar-refractivity contribution in [1.29, 1.82) is 0 Å². The molecule has 0 aliphatic carbocycles. The number of rotatable bonds is 0. The van der Waals surface area contributed by atoms with Crippen molar-refractivity contribution in [3.05, 3.63) is 11.8 Å². The van der Waals surface area contributed by atoms with Gasteiger partial charge in [-0.1, -0.05) is 0 Å². The van der Waals surface area contributed by atoms with Gasteiger partial charge in [-0.25, -0.2) is 0 Å². The summed E-state index contributed by atoms with van der Waals surface area (Å²) in [6.07, 6.45) is 0. The van der Waals surface area contributed by atoms with E-state index in [1.165, 1.54) is 10.8 Å². The monoisotopic (exact) mass is 108 g/mol. The number of hydrogen-bond donors (Lipinski definition) is 0. The van der Waals surface area contributed by atoms with Crippen molar-refractivity contribution in [2.24, 2.45) is 0 Å². The number of hydrogen-bond acceptors (Lipinski definition) is 0. The van der Waals surface area contributed by atoms with Crippen LogP contribution < -0.4 is 10.8 Å². The molecule has 36 valence electrons. The van der Waals surface area contributed by atoms with E-state index in [0.29, 0.717) is 0 Å². The van der Waals surface area contributed by atoms with Crippen LogP contribution in [0.2, 0.25) is 0 Å². The standard InChI is InChI=1S/C5H4B4/c1-4-5(8-2-6-1)9-3-7-4/h1-3,9H. The molecule has 2 heterocycles. The molecule has 2 rings (SSSR count). The van der Waals surface area contributed by atoms with Crippen molar-refractivity contribution in [2.45, 2.75) is 0 Å². The first-order valence-electron chi connectivity index (χ1n) is 3.21. The Morgan fingerprint density at radius 1 is 1.44 bits per heavy atom. The Morgan fingerprint density at radius 2 is 2.44 bits per heavy atom. The van der Waals surface area contributed by atoms with E-state index in [4.69, 9.17) is 0 Å². The van der Waals surface area contributed by atoms with Gasteiger partial charge >= 0.3 is 56.5 Å². The summed E-state index contributed by atoms with van der Waals surface area (Å²) in [7, 11) is 1.12. The van der Waals surface area contributed by atoms with E-state index in [1.54, 1.807) is 0 Å². The third-order valence-electron chi connectivity index (χ3n) is 1.69. The quantitative estimate of drug-likeness (QED) is 0.322.